The zero-order chi connectivity index (χ0) is 19.4. The molecule has 0 radical (unpaired) electrons. The lowest BCUT2D eigenvalue weighted by molar-refractivity contribution is 0.414. The maximum Gasteiger partial charge on any atom is 0.250 e. The Bertz CT molecular complexity index is 1040. The lowest BCUT2D eigenvalue weighted by Crippen LogP contribution is -2.22. The van der Waals surface area contributed by atoms with E-state index in [9.17, 15) is 8.42 Å². The van der Waals surface area contributed by atoms with Gasteiger partial charge in [0.1, 0.15) is 15.7 Å². The second kappa shape index (κ2) is 8.62. The summed E-state index contributed by atoms with van der Waals surface area (Å²) in [6.07, 6.45) is 0. The maximum absolute atomic E-state index is 12.6. The van der Waals surface area contributed by atoms with Crippen molar-refractivity contribution in [1.29, 1.82) is 0 Å². The number of rotatable bonds is 7. The molecule has 0 atom stereocenters. The Hall–Kier alpha value is -1.58. The lowest BCUT2D eigenvalue weighted by Gasteiger charge is -2.06. The van der Waals surface area contributed by atoms with E-state index in [-0.39, 0.29) is 15.8 Å². The highest BCUT2D eigenvalue weighted by molar-refractivity contribution is 9.10. The molecule has 3 rings (SSSR count). The SMILES string of the molecule is COc1ccc(CNS(=O)(=O)c2cc(Cl)c(Oc3cccc(Br)c3)s2)cc1. The topological polar surface area (TPSA) is 64.6 Å². The summed E-state index contributed by atoms with van der Waals surface area (Å²) in [5.41, 5.74) is 0.813. The van der Waals surface area contributed by atoms with Crippen molar-refractivity contribution in [3.8, 4) is 16.6 Å². The Balaban J connectivity index is 1.72. The van der Waals surface area contributed by atoms with Gasteiger partial charge in [-0.15, -0.1) is 0 Å². The van der Waals surface area contributed by atoms with Gasteiger partial charge in [-0.25, -0.2) is 13.1 Å². The molecule has 1 N–H and O–H groups in total. The summed E-state index contributed by atoms with van der Waals surface area (Å²) in [7, 11) is -2.14. The fraction of sp³-hybridized carbons (Fsp3) is 0.111. The minimum atomic E-state index is -3.71. The fourth-order valence-electron chi connectivity index (χ4n) is 2.16. The van der Waals surface area contributed by atoms with Crippen molar-refractivity contribution >= 4 is 48.9 Å². The van der Waals surface area contributed by atoms with Crippen LogP contribution >= 0.6 is 38.9 Å². The number of ether oxygens (including phenoxy) is 2. The van der Waals surface area contributed by atoms with E-state index in [1.807, 2.05) is 12.1 Å². The maximum atomic E-state index is 12.6. The Kier molecular flexibility index (Phi) is 6.44. The van der Waals surface area contributed by atoms with Gasteiger partial charge in [0.05, 0.1) is 12.1 Å². The van der Waals surface area contributed by atoms with Crippen LogP contribution in [0.3, 0.4) is 0 Å². The number of benzene rings is 2. The molecule has 0 aliphatic carbocycles. The molecule has 3 aromatic rings. The van der Waals surface area contributed by atoms with E-state index < -0.39 is 10.0 Å². The van der Waals surface area contributed by atoms with E-state index in [2.05, 4.69) is 20.7 Å². The van der Waals surface area contributed by atoms with E-state index in [0.717, 1.165) is 21.4 Å². The Labute approximate surface area is 175 Å². The van der Waals surface area contributed by atoms with Crippen LogP contribution in [0.1, 0.15) is 5.56 Å². The van der Waals surface area contributed by atoms with Crippen LogP contribution in [0.2, 0.25) is 5.02 Å². The zero-order valence-corrected chi connectivity index (χ0v) is 18.1. The number of methoxy groups -OCH3 is 1. The van der Waals surface area contributed by atoms with Crippen molar-refractivity contribution in [2.45, 2.75) is 10.8 Å². The molecule has 0 aliphatic rings. The molecule has 0 spiro atoms. The highest BCUT2D eigenvalue weighted by Gasteiger charge is 2.21. The molecule has 0 unspecified atom stereocenters. The van der Waals surface area contributed by atoms with Crippen LogP contribution in [0.15, 0.2) is 63.3 Å². The number of thiophene rings is 1. The smallest absolute Gasteiger partial charge is 0.250 e. The van der Waals surface area contributed by atoms with Crippen LogP contribution in [-0.2, 0) is 16.6 Å². The molecular formula is C18H15BrClNO4S2. The van der Waals surface area contributed by atoms with E-state index in [4.69, 9.17) is 21.1 Å². The van der Waals surface area contributed by atoms with Gasteiger partial charge in [-0.3, -0.25) is 0 Å². The number of halogens is 2. The van der Waals surface area contributed by atoms with Gasteiger partial charge in [-0.2, -0.15) is 0 Å². The molecule has 0 saturated carbocycles. The molecule has 0 bridgehead atoms. The summed E-state index contributed by atoms with van der Waals surface area (Å²) >= 11 is 10.5. The quantitative estimate of drug-likeness (QED) is 0.481. The van der Waals surface area contributed by atoms with Gasteiger partial charge < -0.3 is 9.47 Å². The third kappa shape index (κ3) is 5.24. The highest BCUT2D eigenvalue weighted by Crippen LogP contribution is 2.40. The van der Waals surface area contributed by atoms with Gasteiger partial charge in [-0.05, 0) is 42.0 Å². The van der Waals surface area contributed by atoms with Gasteiger partial charge in [0, 0.05) is 11.0 Å². The first-order valence-electron chi connectivity index (χ1n) is 7.73. The molecular weight excluding hydrogens is 474 g/mol. The first-order valence-corrected chi connectivity index (χ1v) is 11.2. The van der Waals surface area contributed by atoms with Gasteiger partial charge >= 0.3 is 0 Å². The zero-order valence-electron chi connectivity index (χ0n) is 14.1. The van der Waals surface area contributed by atoms with Gasteiger partial charge in [0.15, 0.2) is 0 Å². The molecule has 2 aromatic carbocycles. The van der Waals surface area contributed by atoms with Crippen molar-refractivity contribution < 1.29 is 17.9 Å². The summed E-state index contributed by atoms with van der Waals surface area (Å²) in [4.78, 5) is 0. The summed E-state index contributed by atoms with van der Waals surface area (Å²) in [5, 5.41) is 0.560. The van der Waals surface area contributed by atoms with Crippen LogP contribution in [0.4, 0.5) is 0 Å². The molecule has 1 aromatic heterocycles. The van der Waals surface area contributed by atoms with Crippen LogP contribution in [-0.4, -0.2) is 15.5 Å². The van der Waals surface area contributed by atoms with E-state index >= 15 is 0 Å². The Morgan fingerprint density at radius 3 is 2.52 bits per heavy atom. The largest absolute Gasteiger partial charge is 0.497 e. The molecule has 0 amide bonds. The fourth-order valence-corrected chi connectivity index (χ4v) is 5.20. The van der Waals surface area contributed by atoms with Gasteiger partial charge in [0.2, 0.25) is 5.06 Å². The Morgan fingerprint density at radius 2 is 1.85 bits per heavy atom. The van der Waals surface area contributed by atoms with Crippen LogP contribution in [0, 0.1) is 0 Å². The number of nitrogens with one attached hydrogen (secondary N) is 1. The molecule has 0 fully saturated rings. The minimum absolute atomic E-state index is 0.0889. The molecule has 0 saturated heterocycles. The minimum Gasteiger partial charge on any atom is -0.497 e. The van der Waals surface area contributed by atoms with E-state index in [1.165, 1.54) is 6.07 Å². The third-order valence-corrected chi connectivity index (χ3v) is 7.30. The second-order valence-electron chi connectivity index (χ2n) is 5.43. The monoisotopic (exact) mass is 487 g/mol. The lowest BCUT2D eigenvalue weighted by atomic mass is 10.2. The molecule has 27 heavy (non-hydrogen) atoms. The molecule has 1 heterocycles. The first kappa shape index (κ1) is 20.2. The normalized spacial score (nSPS) is 11.4. The molecule has 142 valence electrons. The van der Waals surface area contributed by atoms with Crippen LogP contribution in [0.5, 0.6) is 16.6 Å². The highest BCUT2D eigenvalue weighted by atomic mass is 79.9. The predicted molar refractivity (Wildman–Crippen MR) is 111 cm³/mol. The first-order chi connectivity index (χ1) is 12.9. The van der Waals surface area contributed by atoms with Crippen molar-refractivity contribution in [3.05, 3.63) is 69.7 Å². The van der Waals surface area contributed by atoms with Crippen molar-refractivity contribution in [2.75, 3.05) is 7.11 Å². The molecule has 5 nitrogen and oxygen atoms in total. The summed E-state index contributed by atoms with van der Waals surface area (Å²) < 4.78 is 39.4. The molecule has 0 aliphatic heterocycles. The predicted octanol–water partition coefficient (Wildman–Crippen LogP) is 5.44. The van der Waals surface area contributed by atoms with Gasteiger partial charge in [-0.1, -0.05) is 57.1 Å². The van der Waals surface area contributed by atoms with Crippen LogP contribution in [0.25, 0.3) is 0 Å². The number of sulfonamides is 1. The van der Waals surface area contributed by atoms with Crippen molar-refractivity contribution in [3.63, 3.8) is 0 Å². The summed E-state index contributed by atoms with van der Waals surface area (Å²) in [6, 6.07) is 15.7. The van der Waals surface area contributed by atoms with Crippen molar-refractivity contribution in [2.24, 2.45) is 0 Å². The van der Waals surface area contributed by atoms with Gasteiger partial charge in [0.25, 0.3) is 10.0 Å². The Morgan fingerprint density at radius 1 is 1.11 bits per heavy atom. The average Bonchev–Trinajstić information content (AvgIpc) is 3.02. The second-order valence-corrected chi connectivity index (χ2v) is 9.76. The average molecular weight is 489 g/mol. The number of hydrogen-bond acceptors (Lipinski definition) is 5. The van der Waals surface area contributed by atoms with E-state index in [1.54, 1.807) is 43.5 Å². The number of hydrogen-bond donors (Lipinski definition) is 1. The van der Waals surface area contributed by atoms with Crippen LogP contribution < -0.4 is 14.2 Å². The summed E-state index contributed by atoms with van der Waals surface area (Å²) in [5.74, 6) is 1.27. The third-order valence-electron chi connectivity index (χ3n) is 3.53. The summed E-state index contributed by atoms with van der Waals surface area (Å²) in [6.45, 7) is 0.156. The van der Waals surface area contributed by atoms with E-state index in [0.29, 0.717) is 16.6 Å². The van der Waals surface area contributed by atoms with Crippen molar-refractivity contribution in [1.82, 2.24) is 4.72 Å². The standard InChI is InChI=1S/C18H15BrClNO4S2/c1-24-14-7-5-12(6-8-14)11-21-27(22,23)17-10-16(20)18(26-17)25-15-4-2-3-13(19)9-15/h2-10,21H,11H2,1H3. The molecule has 9 heteroatoms.